The fourth-order valence-corrected chi connectivity index (χ4v) is 7.69. The fourth-order valence-electron chi connectivity index (χ4n) is 7.69. The molecule has 14 atom stereocenters. The minimum Gasteiger partial charge on any atom is -0.459 e. The summed E-state index contributed by atoms with van der Waals surface area (Å²) in [6.07, 6.45) is -7.34. The Hall–Kier alpha value is -3.05. The lowest BCUT2D eigenvalue weighted by Crippen LogP contribution is -2.60. The smallest absolute Gasteiger partial charge is 0.338 e. The van der Waals surface area contributed by atoms with Crippen molar-refractivity contribution in [1.29, 1.82) is 0 Å². The monoisotopic (exact) mass is 738 g/mol. The molecule has 2 unspecified atom stereocenters. The predicted molar refractivity (Wildman–Crippen MR) is 188 cm³/mol. The van der Waals surface area contributed by atoms with Gasteiger partial charge in [-0.15, -0.1) is 0 Å². The Labute approximate surface area is 306 Å². The SMILES string of the molecule is CC[C@H]1OC(=O)[C@H](C)[C@@H](OC(=O)c2ccc([N+](=O)[O-])cc2)[C@H](C)[C@@H](OC2O[C@H](C)C[C@H](N(C)C)C2O)[C@@](C)(OC)C[C@@H](C)C(=O)[C@H](C)[C@@H](O)[C@]1(C)O. The molecule has 2 fully saturated rings. The number of carbonyl (C=O) groups excluding carboxylic acids is 3. The van der Waals surface area contributed by atoms with Crippen LogP contribution in [-0.2, 0) is 33.3 Å². The number of ketones is 1. The van der Waals surface area contributed by atoms with Gasteiger partial charge in [-0.2, -0.15) is 0 Å². The van der Waals surface area contributed by atoms with E-state index in [0.717, 1.165) is 12.1 Å². The molecule has 0 aliphatic carbocycles. The normalized spacial score (nSPS) is 39.8. The number of hydrogen-bond acceptors (Lipinski definition) is 14. The van der Waals surface area contributed by atoms with Gasteiger partial charge in [-0.05, 0) is 73.2 Å². The zero-order valence-corrected chi connectivity index (χ0v) is 32.2. The van der Waals surface area contributed by atoms with Crippen molar-refractivity contribution < 1.29 is 58.3 Å². The molecule has 0 aromatic heterocycles. The second-order valence-corrected chi connectivity index (χ2v) is 15.3. The third-order valence-electron chi connectivity index (χ3n) is 11.0. The molecule has 1 aromatic rings. The van der Waals surface area contributed by atoms with Crippen molar-refractivity contribution in [2.45, 2.75) is 135 Å². The van der Waals surface area contributed by atoms with Crippen LogP contribution in [0.5, 0.6) is 0 Å². The number of carbonyl (C=O) groups is 3. The standard InChI is InChI=1S/C37H58N2O13/c1-12-27-37(8,45)31(42)21(4)28(40)19(2)18-36(7,48-11)32(52-35-29(41)26(38(9)10)17-20(3)49-35)22(5)30(23(6)33(43)50-27)51-34(44)24-13-15-25(16-14-24)39(46)47/h13-16,19-23,26-27,29-32,35,41-42,45H,12,17-18H2,1-11H3/t19-,20-,21+,22+,23-,26+,27-,29?,30+,31-,32-,35?,36+,37-/m1/s1. The van der Waals surface area contributed by atoms with Crippen molar-refractivity contribution >= 4 is 23.4 Å². The van der Waals surface area contributed by atoms with Crippen LogP contribution in [-0.4, -0.2) is 124 Å². The molecule has 0 saturated carbocycles. The number of methoxy groups -OCH3 is 1. The Morgan fingerprint density at radius 2 is 1.65 bits per heavy atom. The van der Waals surface area contributed by atoms with Crippen LogP contribution in [0.3, 0.4) is 0 Å². The molecule has 15 heteroatoms. The summed E-state index contributed by atoms with van der Waals surface area (Å²) in [5, 5.41) is 45.6. The van der Waals surface area contributed by atoms with Crippen LogP contribution in [0.2, 0.25) is 0 Å². The Bertz CT molecular complexity index is 1400. The molecule has 2 saturated heterocycles. The molecule has 1 aromatic carbocycles. The zero-order chi connectivity index (χ0) is 39.5. The van der Waals surface area contributed by atoms with E-state index in [1.807, 2.05) is 25.9 Å². The van der Waals surface area contributed by atoms with Crippen LogP contribution in [0.4, 0.5) is 5.69 Å². The number of ether oxygens (including phenoxy) is 5. The van der Waals surface area contributed by atoms with Crippen molar-refractivity contribution in [1.82, 2.24) is 4.90 Å². The Morgan fingerprint density at radius 1 is 1.06 bits per heavy atom. The van der Waals surface area contributed by atoms with E-state index < -0.39 is 88.5 Å². The van der Waals surface area contributed by atoms with Gasteiger partial charge in [-0.25, -0.2) is 4.79 Å². The van der Waals surface area contributed by atoms with Crippen LogP contribution in [0.25, 0.3) is 0 Å². The summed E-state index contributed by atoms with van der Waals surface area (Å²) in [6, 6.07) is 4.44. The molecule has 2 heterocycles. The highest BCUT2D eigenvalue weighted by Crippen LogP contribution is 2.40. The predicted octanol–water partition coefficient (Wildman–Crippen LogP) is 3.29. The van der Waals surface area contributed by atoms with Crippen molar-refractivity contribution in [3.8, 4) is 0 Å². The maximum absolute atomic E-state index is 14.0. The molecule has 0 spiro atoms. The fraction of sp³-hybridized carbons (Fsp3) is 0.757. The molecule has 2 aliphatic heterocycles. The number of nitro benzene ring substituents is 1. The molecule has 2 aliphatic rings. The lowest BCUT2D eigenvalue weighted by atomic mass is 9.74. The van der Waals surface area contributed by atoms with Gasteiger partial charge in [0.15, 0.2) is 6.29 Å². The van der Waals surface area contributed by atoms with E-state index in [1.54, 1.807) is 27.7 Å². The summed E-state index contributed by atoms with van der Waals surface area (Å²) in [5.41, 5.74) is -3.66. The van der Waals surface area contributed by atoms with Gasteiger partial charge in [0.05, 0.1) is 40.3 Å². The first-order chi connectivity index (χ1) is 24.1. The summed E-state index contributed by atoms with van der Waals surface area (Å²) in [6.45, 7) is 12.9. The highest BCUT2D eigenvalue weighted by Gasteiger charge is 2.53. The number of non-ortho nitro benzene ring substituents is 1. The summed E-state index contributed by atoms with van der Waals surface area (Å²) >= 11 is 0. The molecule has 52 heavy (non-hydrogen) atoms. The highest BCUT2D eigenvalue weighted by atomic mass is 16.7. The lowest BCUT2D eigenvalue weighted by Gasteiger charge is -2.48. The van der Waals surface area contributed by atoms with Crippen LogP contribution >= 0.6 is 0 Å². The van der Waals surface area contributed by atoms with Gasteiger partial charge in [0.25, 0.3) is 5.69 Å². The maximum Gasteiger partial charge on any atom is 0.338 e. The van der Waals surface area contributed by atoms with Gasteiger partial charge in [0.2, 0.25) is 0 Å². The summed E-state index contributed by atoms with van der Waals surface area (Å²) in [5.74, 6) is -6.12. The third kappa shape index (κ3) is 9.35. The number of aliphatic hydroxyl groups excluding tert-OH is 2. The molecule has 0 bridgehead atoms. The van der Waals surface area contributed by atoms with E-state index in [2.05, 4.69) is 0 Å². The van der Waals surface area contributed by atoms with Crippen molar-refractivity contribution in [2.24, 2.45) is 23.7 Å². The second kappa shape index (κ2) is 17.4. The number of likely N-dealkylation sites (N-methyl/N-ethyl adjacent to an activating group) is 1. The van der Waals surface area contributed by atoms with E-state index in [1.165, 1.54) is 40.0 Å². The molecule has 294 valence electrons. The van der Waals surface area contributed by atoms with Gasteiger partial charge < -0.3 is 43.9 Å². The molecule has 3 rings (SSSR count). The van der Waals surface area contributed by atoms with E-state index in [0.29, 0.717) is 6.42 Å². The van der Waals surface area contributed by atoms with E-state index in [9.17, 15) is 39.8 Å². The van der Waals surface area contributed by atoms with Gasteiger partial charge in [-0.3, -0.25) is 19.7 Å². The van der Waals surface area contributed by atoms with Crippen molar-refractivity contribution in [3.05, 3.63) is 39.9 Å². The van der Waals surface area contributed by atoms with E-state index in [4.69, 9.17) is 23.7 Å². The number of Topliss-reactive ketones (excluding diaryl/α,β-unsaturated/α-hetero) is 1. The van der Waals surface area contributed by atoms with Gasteiger partial charge in [0.1, 0.15) is 29.7 Å². The summed E-state index contributed by atoms with van der Waals surface area (Å²) in [4.78, 5) is 54.1. The van der Waals surface area contributed by atoms with Gasteiger partial charge in [-0.1, -0.05) is 27.7 Å². The summed E-state index contributed by atoms with van der Waals surface area (Å²) in [7, 11) is 5.09. The van der Waals surface area contributed by atoms with Crippen molar-refractivity contribution in [2.75, 3.05) is 21.2 Å². The van der Waals surface area contributed by atoms with Crippen molar-refractivity contribution in [3.63, 3.8) is 0 Å². The molecular weight excluding hydrogens is 680 g/mol. The number of cyclic esters (lactones) is 1. The van der Waals surface area contributed by atoms with Crippen LogP contribution in [0.1, 0.15) is 85.0 Å². The average molecular weight is 739 g/mol. The Morgan fingerprint density at radius 3 is 2.17 bits per heavy atom. The zero-order valence-electron chi connectivity index (χ0n) is 32.2. The number of benzene rings is 1. The first-order valence-corrected chi connectivity index (χ1v) is 17.9. The Kier molecular flexibility index (Phi) is 14.5. The topological polar surface area (TPSA) is 204 Å². The van der Waals surface area contributed by atoms with Gasteiger partial charge >= 0.3 is 11.9 Å². The number of aliphatic hydroxyl groups is 3. The van der Waals surface area contributed by atoms with Gasteiger partial charge in [0, 0.05) is 43.0 Å². The average Bonchev–Trinajstić information content (AvgIpc) is 3.10. The molecule has 0 amide bonds. The minimum atomic E-state index is -2.04. The number of rotatable bonds is 8. The second-order valence-electron chi connectivity index (χ2n) is 15.3. The molecule has 3 N–H and O–H groups in total. The maximum atomic E-state index is 14.0. The quantitative estimate of drug-likeness (QED) is 0.199. The highest BCUT2D eigenvalue weighted by molar-refractivity contribution is 5.90. The Balaban J connectivity index is 2.22. The summed E-state index contributed by atoms with van der Waals surface area (Å²) < 4.78 is 30.8. The number of esters is 2. The first kappa shape index (κ1) is 43.4. The number of nitro groups is 1. The lowest BCUT2D eigenvalue weighted by molar-refractivity contribution is -0.384. The largest absolute Gasteiger partial charge is 0.459 e. The molecule has 15 nitrogen and oxygen atoms in total. The van der Waals surface area contributed by atoms with Crippen LogP contribution in [0.15, 0.2) is 24.3 Å². The number of hydrogen-bond donors (Lipinski definition) is 3. The minimum absolute atomic E-state index is 0.0189. The third-order valence-corrected chi connectivity index (χ3v) is 11.0. The number of nitrogens with zero attached hydrogens (tertiary/aromatic N) is 2. The van der Waals surface area contributed by atoms with E-state index >= 15 is 0 Å². The molecular formula is C37H58N2O13. The van der Waals surface area contributed by atoms with E-state index in [-0.39, 0.29) is 42.0 Å². The first-order valence-electron chi connectivity index (χ1n) is 17.9. The molecule has 0 radical (unpaired) electrons. The van der Waals surface area contributed by atoms with Crippen LogP contribution in [0, 0.1) is 33.8 Å². The van der Waals surface area contributed by atoms with Crippen LogP contribution < -0.4 is 0 Å².